The first kappa shape index (κ1) is 14.7. The van der Waals surface area contributed by atoms with Crippen LogP contribution in [0, 0.1) is 5.92 Å². The van der Waals surface area contributed by atoms with Gasteiger partial charge in [-0.1, -0.05) is 27.2 Å². The molecule has 1 aromatic rings. The lowest BCUT2D eigenvalue weighted by atomic mass is 10.0. The minimum atomic E-state index is -0.133. The van der Waals surface area contributed by atoms with Crippen LogP contribution in [-0.2, 0) is 0 Å². The SMILES string of the molecule is CCC(CCO)CNc1cc(=O)[nH]c(C(C)C)n1. The Bertz CT molecular complexity index is 415. The van der Waals surface area contributed by atoms with Gasteiger partial charge in [-0.2, -0.15) is 0 Å². The number of nitrogens with one attached hydrogen (secondary N) is 2. The molecule has 0 amide bonds. The van der Waals surface area contributed by atoms with Crippen molar-refractivity contribution < 1.29 is 5.11 Å². The van der Waals surface area contributed by atoms with Gasteiger partial charge in [0.2, 0.25) is 0 Å². The second-order valence-electron chi connectivity index (χ2n) is 4.84. The number of aliphatic hydroxyl groups is 1. The molecular weight excluding hydrogens is 230 g/mol. The molecule has 102 valence electrons. The maximum absolute atomic E-state index is 11.5. The largest absolute Gasteiger partial charge is 0.396 e. The van der Waals surface area contributed by atoms with E-state index in [1.807, 2.05) is 13.8 Å². The first-order valence-corrected chi connectivity index (χ1v) is 6.52. The van der Waals surface area contributed by atoms with Crippen LogP contribution in [0.25, 0.3) is 0 Å². The van der Waals surface area contributed by atoms with Gasteiger partial charge in [0.15, 0.2) is 0 Å². The van der Waals surface area contributed by atoms with Crippen LogP contribution in [0.1, 0.15) is 45.4 Å². The number of hydrogen-bond donors (Lipinski definition) is 3. The van der Waals surface area contributed by atoms with Crippen molar-refractivity contribution in [3.05, 3.63) is 22.2 Å². The fourth-order valence-electron chi connectivity index (χ4n) is 1.72. The lowest BCUT2D eigenvalue weighted by Crippen LogP contribution is -2.19. The third-order valence-electron chi connectivity index (χ3n) is 2.99. The summed E-state index contributed by atoms with van der Waals surface area (Å²) in [6.07, 6.45) is 1.76. The summed E-state index contributed by atoms with van der Waals surface area (Å²) in [6.45, 7) is 6.99. The normalized spacial score (nSPS) is 12.7. The molecule has 1 unspecified atom stereocenters. The van der Waals surface area contributed by atoms with Crippen LogP contribution in [-0.4, -0.2) is 28.2 Å². The van der Waals surface area contributed by atoms with E-state index in [0.29, 0.717) is 17.6 Å². The highest BCUT2D eigenvalue weighted by Gasteiger charge is 2.08. The van der Waals surface area contributed by atoms with Crippen LogP contribution in [0.3, 0.4) is 0 Å². The average molecular weight is 253 g/mol. The van der Waals surface area contributed by atoms with E-state index < -0.39 is 0 Å². The smallest absolute Gasteiger partial charge is 0.252 e. The maximum Gasteiger partial charge on any atom is 0.252 e. The summed E-state index contributed by atoms with van der Waals surface area (Å²) >= 11 is 0. The maximum atomic E-state index is 11.5. The van der Waals surface area contributed by atoms with E-state index in [1.54, 1.807) is 0 Å². The number of aromatic nitrogens is 2. The standard InChI is InChI=1S/C13H23N3O2/c1-4-10(5-6-17)8-14-11-7-12(18)16-13(15-11)9(2)3/h7,9-10,17H,4-6,8H2,1-3H3,(H2,14,15,16,18). The number of anilines is 1. The number of nitrogens with zero attached hydrogens (tertiary/aromatic N) is 1. The van der Waals surface area contributed by atoms with Crippen LogP contribution in [0.15, 0.2) is 10.9 Å². The molecule has 1 rings (SSSR count). The zero-order valence-electron chi connectivity index (χ0n) is 11.4. The molecule has 0 aromatic carbocycles. The molecule has 0 aliphatic carbocycles. The Morgan fingerprint density at radius 3 is 2.78 bits per heavy atom. The van der Waals surface area contributed by atoms with Gasteiger partial charge in [-0.3, -0.25) is 4.79 Å². The highest BCUT2D eigenvalue weighted by molar-refractivity contribution is 5.33. The minimum Gasteiger partial charge on any atom is -0.396 e. The Morgan fingerprint density at radius 1 is 1.50 bits per heavy atom. The summed E-state index contributed by atoms with van der Waals surface area (Å²) in [4.78, 5) is 18.6. The average Bonchev–Trinajstić information content (AvgIpc) is 2.33. The third kappa shape index (κ3) is 4.49. The Labute approximate surface area is 108 Å². The molecule has 0 aliphatic rings. The molecule has 1 atom stereocenters. The van der Waals surface area contributed by atoms with Crippen LogP contribution in [0.5, 0.6) is 0 Å². The molecule has 5 heteroatoms. The van der Waals surface area contributed by atoms with E-state index in [4.69, 9.17) is 5.11 Å². The summed E-state index contributed by atoms with van der Waals surface area (Å²) in [5.74, 6) is 1.90. The van der Waals surface area contributed by atoms with Gasteiger partial charge in [0.05, 0.1) is 0 Å². The van der Waals surface area contributed by atoms with E-state index in [1.165, 1.54) is 6.07 Å². The number of rotatable bonds is 7. The lowest BCUT2D eigenvalue weighted by molar-refractivity contribution is 0.258. The van der Waals surface area contributed by atoms with Crippen LogP contribution in [0.2, 0.25) is 0 Å². The van der Waals surface area contributed by atoms with Gasteiger partial charge in [0.1, 0.15) is 11.6 Å². The van der Waals surface area contributed by atoms with Crippen molar-refractivity contribution in [3.8, 4) is 0 Å². The van der Waals surface area contributed by atoms with Crippen molar-refractivity contribution in [1.29, 1.82) is 0 Å². The monoisotopic (exact) mass is 253 g/mol. The number of H-pyrrole nitrogens is 1. The minimum absolute atomic E-state index is 0.133. The summed E-state index contributed by atoms with van der Waals surface area (Å²) < 4.78 is 0. The van der Waals surface area contributed by atoms with Crippen molar-refractivity contribution in [3.63, 3.8) is 0 Å². The molecule has 0 fully saturated rings. The molecule has 3 N–H and O–H groups in total. The number of hydrogen-bond acceptors (Lipinski definition) is 4. The van der Waals surface area contributed by atoms with E-state index in [9.17, 15) is 4.79 Å². The van der Waals surface area contributed by atoms with E-state index in [0.717, 1.165) is 19.4 Å². The molecular formula is C13H23N3O2. The molecule has 0 saturated carbocycles. The summed E-state index contributed by atoms with van der Waals surface area (Å²) in [7, 11) is 0. The zero-order valence-corrected chi connectivity index (χ0v) is 11.4. The molecule has 0 aliphatic heterocycles. The van der Waals surface area contributed by atoms with Crippen molar-refractivity contribution in [2.75, 3.05) is 18.5 Å². The fourth-order valence-corrected chi connectivity index (χ4v) is 1.72. The van der Waals surface area contributed by atoms with Crippen molar-refractivity contribution in [2.45, 2.75) is 39.5 Å². The van der Waals surface area contributed by atoms with Gasteiger partial charge >= 0.3 is 0 Å². The van der Waals surface area contributed by atoms with Gasteiger partial charge in [-0.25, -0.2) is 4.98 Å². The van der Waals surface area contributed by atoms with Crippen LogP contribution < -0.4 is 10.9 Å². The second kappa shape index (κ2) is 7.16. The molecule has 1 aromatic heterocycles. The predicted octanol–water partition coefficient (Wildman–Crippen LogP) is 1.71. The lowest BCUT2D eigenvalue weighted by Gasteiger charge is -2.15. The van der Waals surface area contributed by atoms with Gasteiger partial charge in [-0.15, -0.1) is 0 Å². The third-order valence-corrected chi connectivity index (χ3v) is 2.99. The Balaban J connectivity index is 2.69. The second-order valence-corrected chi connectivity index (χ2v) is 4.84. The predicted molar refractivity (Wildman–Crippen MR) is 72.9 cm³/mol. The summed E-state index contributed by atoms with van der Waals surface area (Å²) in [5, 5.41) is 12.1. The molecule has 0 saturated heterocycles. The summed E-state index contributed by atoms with van der Waals surface area (Å²) in [5.41, 5.74) is -0.133. The van der Waals surface area contributed by atoms with Crippen molar-refractivity contribution in [1.82, 2.24) is 9.97 Å². The summed E-state index contributed by atoms with van der Waals surface area (Å²) in [6, 6.07) is 1.47. The number of aliphatic hydroxyl groups excluding tert-OH is 1. The number of aromatic amines is 1. The van der Waals surface area contributed by atoms with Crippen molar-refractivity contribution in [2.24, 2.45) is 5.92 Å². The molecule has 0 radical (unpaired) electrons. The quantitative estimate of drug-likeness (QED) is 0.691. The Kier molecular flexibility index (Phi) is 5.85. The Hall–Kier alpha value is -1.36. The zero-order chi connectivity index (χ0) is 13.5. The molecule has 0 spiro atoms. The highest BCUT2D eigenvalue weighted by atomic mass is 16.3. The first-order chi connectivity index (χ1) is 8.56. The molecule has 5 nitrogen and oxygen atoms in total. The fraction of sp³-hybridized carbons (Fsp3) is 0.692. The van der Waals surface area contributed by atoms with Gasteiger partial charge < -0.3 is 15.4 Å². The molecule has 18 heavy (non-hydrogen) atoms. The highest BCUT2D eigenvalue weighted by Crippen LogP contribution is 2.11. The van der Waals surface area contributed by atoms with Crippen LogP contribution in [0.4, 0.5) is 5.82 Å². The topological polar surface area (TPSA) is 78.0 Å². The molecule has 1 heterocycles. The van der Waals surface area contributed by atoms with E-state index in [-0.39, 0.29) is 18.1 Å². The van der Waals surface area contributed by atoms with Gasteiger partial charge in [0, 0.05) is 25.1 Å². The Morgan fingerprint density at radius 2 is 2.22 bits per heavy atom. The van der Waals surface area contributed by atoms with E-state index >= 15 is 0 Å². The van der Waals surface area contributed by atoms with E-state index in [2.05, 4.69) is 22.2 Å². The molecule has 0 bridgehead atoms. The van der Waals surface area contributed by atoms with Gasteiger partial charge in [-0.05, 0) is 12.3 Å². The van der Waals surface area contributed by atoms with Gasteiger partial charge in [0.25, 0.3) is 5.56 Å². The van der Waals surface area contributed by atoms with Crippen molar-refractivity contribution >= 4 is 5.82 Å². The van der Waals surface area contributed by atoms with Crippen LogP contribution >= 0.6 is 0 Å². The first-order valence-electron chi connectivity index (χ1n) is 6.52.